The Morgan fingerprint density at radius 1 is 0.711 bits per heavy atom. The number of nitrogens with zero attached hydrogens (tertiary/aromatic N) is 5. The number of rotatable bonds is 25. The molecule has 0 radical (unpaired) electrons. The van der Waals surface area contributed by atoms with Crippen LogP contribution in [-0.4, -0.2) is 31.4 Å². The van der Waals surface area contributed by atoms with Gasteiger partial charge in [0, 0.05) is 18.2 Å². The average Bonchev–Trinajstić information content (AvgIpc) is 3.69. The second-order valence-electron chi connectivity index (χ2n) is 12.8. The number of unbranched alkanes of at least 4 members (excludes halogenated alkanes) is 16. The molecule has 248 valence electrons. The van der Waals surface area contributed by atoms with Crippen molar-refractivity contribution in [2.24, 2.45) is 0 Å². The SMILES string of the molecule is CCCCCCCCCCCCCCCCCc1nc(CCCCOn2cnc3c(N)nc4cccc(CCCC)c4c32)no1. The van der Waals surface area contributed by atoms with Crippen LogP contribution in [0.25, 0.3) is 21.9 Å². The Morgan fingerprint density at radius 3 is 2.04 bits per heavy atom. The van der Waals surface area contributed by atoms with Gasteiger partial charge >= 0.3 is 0 Å². The Balaban J connectivity index is 1.07. The van der Waals surface area contributed by atoms with E-state index in [2.05, 4.69) is 46.1 Å². The van der Waals surface area contributed by atoms with Crippen LogP contribution in [0.4, 0.5) is 5.82 Å². The third-order valence-corrected chi connectivity index (χ3v) is 8.91. The van der Waals surface area contributed by atoms with Gasteiger partial charge in [0.25, 0.3) is 0 Å². The second kappa shape index (κ2) is 20.1. The van der Waals surface area contributed by atoms with Gasteiger partial charge in [-0.1, -0.05) is 127 Å². The number of aromatic nitrogens is 5. The zero-order valence-electron chi connectivity index (χ0n) is 28.2. The molecule has 3 aromatic heterocycles. The van der Waals surface area contributed by atoms with Crippen LogP contribution < -0.4 is 10.6 Å². The predicted molar refractivity (Wildman–Crippen MR) is 185 cm³/mol. The molecular formula is C37H58N6O2. The molecule has 8 heteroatoms. The van der Waals surface area contributed by atoms with Gasteiger partial charge in [0.05, 0.1) is 5.52 Å². The van der Waals surface area contributed by atoms with Gasteiger partial charge < -0.3 is 15.1 Å². The number of benzene rings is 1. The number of imidazole rings is 1. The Labute approximate surface area is 270 Å². The molecule has 0 atom stereocenters. The minimum Gasteiger partial charge on any atom is -0.412 e. The number of anilines is 1. The Kier molecular flexibility index (Phi) is 15.5. The summed E-state index contributed by atoms with van der Waals surface area (Å²) in [7, 11) is 0. The lowest BCUT2D eigenvalue weighted by molar-refractivity contribution is 0.116. The highest BCUT2D eigenvalue weighted by Gasteiger charge is 2.16. The Morgan fingerprint density at radius 2 is 1.36 bits per heavy atom. The first kappa shape index (κ1) is 34.7. The summed E-state index contributed by atoms with van der Waals surface area (Å²) in [4.78, 5) is 19.9. The predicted octanol–water partition coefficient (Wildman–Crippen LogP) is 9.76. The first-order valence-corrected chi connectivity index (χ1v) is 18.2. The third-order valence-electron chi connectivity index (χ3n) is 8.91. The summed E-state index contributed by atoms with van der Waals surface area (Å²) in [6.45, 7) is 5.06. The number of pyridine rings is 1. The minimum absolute atomic E-state index is 0.435. The van der Waals surface area contributed by atoms with E-state index in [9.17, 15) is 0 Å². The molecule has 0 aliphatic heterocycles. The molecule has 0 aliphatic carbocycles. The highest BCUT2D eigenvalue weighted by atomic mass is 16.7. The van der Waals surface area contributed by atoms with Crippen LogP contribution in [0.1, 0.15) is 153 Å². The molecule has 2 N–H and O–H groups in total. The molecule has 4 rings (SSSR count). The second-order valence-corrected chi connectivity index (χ2v) is 12.8. The zero-order valence-corrected chi connectivity index (χ0v) is 28.2. The van der Waals surface area contributed by atoms with Gasteiger partial charge in [0.1, 0.15) is 24.0 Å². The third kappa shape index (κ3) is 11.3. The van der Waals surface area contributed by atoms with Crippen molar-refractivity contribution in [3.63, 3.8) is 0 Å². The molecular weight excluding hydrogens is 560 g/mol. The molecule has 1 aromatic carbocycles. The minimum atomic E-state index is 0.435. The van der Waals surface area contributed by atoms with E-state index in [-0.39, 0.29) is 0 Å². The van der Waals surface area contributed by atoms with Crippen molar-refractivity contribution < 1.29 is 9.36 Å². The molecule has 0 unspecified atom stereocenters. The molecule has 0 bridgehead atoms. The lowest BCUT2D eigenvalue weighted by Crippen LogP contribution is -2.12. The average molecular weight is 619 g/mol. The van der Waals surface area contributed by atoms with Gasteiger partial charge in [-0.2, -0.15) is 9.71 Å². The molecule has 0 spiro atoms. The van der Waals surface area contributed by atoms with Crippen molar-refractivity contribution in [3.05, 3.63) is 41.8 Å². The number of hydrogen-bond donors (Lipinski definition) is 1. The van der Waals surface area contributed by atoms with E-state index in [1.807, 2.05) is 6.07 Å². The van der Waals surface area contributed by atoms with Gasteiger partial charge in [0.2, 0.25) is 5.89 Å². The van der Waals surface area contributed by atoms with E-state index in [4.69, 9.17) is 15.1 Å². The van der Waals surface area contributed by atoms with Gasteiger partial charge in [-0.05, 0) is 43.7 Å². The Hall–Kier alpha value is -3.16. The monoisotopic (exact) mass is 618 g/mol. The number of aryl methyl sites for hydroxylation is 3. The van der Waals surface area contributed by atoms with E-state index in [1.54, 1.807) is 11.1 Å². The van der Waals surface area contributed by atoms with E-state index in [0.717, 1.165) is 79.5 Å². The summed E-state index contributed by atoms with van der Waals surface area (Å²) in [5.41, 5.74) is 10.0. The van der Waals surface area contributed by atoms with E-state index in [1.165, 1.54) is 95.5 Å². The number of nitrogens with two attached hydrogens (primary N) is 1. The maximum atomic E-state index is 6.26. The van der Waals surface area contributed by atoms with Crippen molar-refractivity contribution in [2.45, 2.75) is 155 Å². The quantitative estimate of drug-likeness (QED) is 0.0737. The van der Waals surface area contributed by atoms with Crippen molar-refractivity contribution in [1.82, 2.24) is 24.8 Å². The van der Waals surface area contributed by atoms with Crippen LogP contribution in [0.15, 0.2) is 29.0 Å². The van der Waals surface area contributed by atoms with Crippen LogP contribution >= 0.6 is 0 Å². The molecule has 0 saturated carbocycles. The topological polar surface area (TPSA) is 105 Å². The first-order valence-electron chi connectivity index (χ1n) is 18.2. The number of hydrogen-bond acceptors (Lipinski definition) is 7. The lowest BCUT2D eigenvalue weighted by atomic mass is 10.0. The van der Waals surface area contributed by atoms with Crippen LogP contribution in [0.5, 0.6) is 0 Å². The normalized spacial score (nSPS) is 11.7. The molecule has 0 amide bonds. The van der Waals surface area contributed by atoms with E-state index < -0.39 is 0 Å². The fourth-order valence-corrected chi connectivity index (χ4v) is 6.25. The maximum Gasteiger partial charge on any atom is 0.226 e. The van der Waals surface area contributed by atoms with Gasteiger partial charge in [-0.3, -0.25) is 0 Å². The van der Waals surface area contributed by atoms with E-state index in [0.29, 0.717) is 17.9 Å². The Bertz CT molecular complexity index is 1380. The highest BCUT2D eigenvalue weighted by molar-refractivity contribution is 6.07. The summed E-state index contributed by atoms with van der Waals surface area (Å²) < 4.78 is 7.29. The summed E-state index contributed by atoms with van der Waals surface area (Å²) in [6.07, 6.45) is 29.0. The van der Waals surface area contributed by atoms with Crippen molar-refractivity contribution in [2.75, 3.05) is 12.3 Å². The molecule has 0 saturated heterocycles. The van der Waals surface area contributed by atoms with E-state index >= 15 is 0 Å². The smallest absolute Gasteiger partial charge is 0.226 e. The number of nitrogen functional groups attached to an aromatic ring is 1. The molecule has 45 heavy (non-hydrogen) atoms. The van der Waals surface area contributed by atoms with Crippen molar-refractivity contribution in [3.8, 4) is 0 Å². The van der Waals surface area contributed by atoms with Crippen molar-refractivity contribution >= 4 is 27.8 Å². The molecule has 3 heterocycles. The lowest BCUT2D eigenvalue weighted by Gasteiger charge is -2.12. The van der Waals surface area contributed by atoms with Crippen molar-refractivity contribution in [1.29, 1.82) is 0 Å². The highest BCUT2D eigenvalue weighted by Crippen LogP contribution is 2.30. The molecule has 8 nitrogen and oxygen atoms in total. The van der Waals surface area contributed by atoms with Crippen LogP contribution in [0.3, 0.4) is 0 Å². The standard InChI is InChI=1S/C37H58N6O2/c1-3-5-7-8-9-10-11-12-13-14-15-16-17-18-19-27-33-41-32(42-45-33)26-20-21-28-44-43-29-39-35-36(43)34-30(23-6-4-2)24-22-25-31(34)40-37(35)38/h22,24-25,29H,3-21,23,26-28H2,1-2H3,(H2,38,40). The summed E-state index contributed by atoms with van der Waals surface area (Å²) in [6, 6.07) is 6.24. The largest absolute Gasteiger partial charge is 0.412 e. The van der Waals surface area contributed by atoms with Gasteiger partial charge in [0.15, 0.2) is 11.6 Å². The van der Waals surface area contributed by atoms with Gasteiger partial charge in [-0.15, -0.1) is 0 Å². The molecule has 0 aliphatic rings. The van der Waals surface area contributed by atoms with Crippen LogP contribution in [0.2, 0.25) is 0 Å². The zero-order chi connectivity index (χ0) is 31.5. The maximum absolute atomic E-state index is 6.26. The summed E-state index contributed by atoms with van der Waals surface area (Å²) in [5.74, 6) is 2.01. The fraction of sp³-hybridized carbons (Fsp3) is 0.676. The number of fused-ring (bicyclic) bond motifs is 3. The van der Waals surface area contributed by atoms with Crippen LogP contribution in [-0.2, 0) is 19.3 Å². The van der Waals surface area contributed by atoms with Gasteiger partial charge in [-0.25, -0.2) is 9.97 Å². The van der Waals surface area contributed by atoms with Crippen LogP contribution in [0, 0.1) is 0 Å². The molecule has 4 aromatic rings. The fourth-order valence-electron chi connectivity index (χ4n) is 6.25. The first-order chi connectivity index (χ1) is 22.2. The summed E-state index contributed by atoms with van der Waals surface area (Å²) >= 11 is 0. The summed E-state index contributed by atoms with van der Waals surface area (Å²) in [5, 5.41) is 5.29. The molecule has 0 fully saturated rings.